The molecule has 15 heavy (non-hydrogen) atoms. The first-order valence-electron chi connectivity index (χ1n) is 4.61. The average Bonchev–Trinajstić information content (AvgIpc) is 2.83. The van der Waals surface area contributed by atoms with Gasteiger partial charge in [-0.1, -0.05) is 0 Å². The number of rotatable bonds is 1. The van der Waals surface area contributed by atoms with Crippen molar-refractivity contribution in [3.8, 4) is 5.69 Å². The zero-order valence-corrected chi connectivity index (χ0v) is 7.84. The fourth-order valence-electron chi connectivity index (χ4n) is 1.71. The molecule has 0 spiro atoms. The summed E-state index contributed by atoms with van der Waals surface area (Å²) >= 11 is 0. The lowest BCUT2D eigenvalue weighted by atomic mass is 10.3. The molecule has 0 atom stereocenters. The SMILES string of the molecule is O=C1NCc2c1ncn2-c1ccncc1. The van der Waals surface area contributed by atoms with Crippen LogP contribution in [0.5, 0.6) is 0 Å². The van der Waals surface area contributed by atoms with Crippen LogP contribution in [-0.2, 0) is 6.54 Å². The third kappa shape index (κ3) is 1.13. The van der Waals surface area contributed by atoms with E-state index in [9.17, 15) is 4.79 Å². The monoisotopic (exact) mass is 200 g/mol. The van der Waals surface area contributed by atoms with Crippen LogP contribution in [0.4, 0.5) is 0 Å². The van der Waals surface area contributed by atoms with Gasteiger partial charge in [-0.3, -0.25) is 9.78 Å². The quantitative estimate of drug-likeness (QED) is 0.729. The fraction of sp³-hybridized carbons (Fsp3) is 0.100. The van der Waals surface area contributed by atoms with Gasteiger partial charge in [-0.05, 0) is 12.1 Å². The predicted octanol–water partition coefficient (Wildman–Crippen LogP) is 0.511. The van der Waals surface area contributed by atoms with Crippen LogP contribution in [-0.4, -0.2) is 20.4 Å². The second-order valence-electron chi connectivity index (χ2n) is 3.30. The summed E-state index contributed by atoms with van der Waals surface area (Å²) in [6.07, 6.45) is 5.09. The third-order valence-corrected chi connectivity index (χ3v) is 2.44. The van der Waals surface area contributed by atoms with Gasteiger partial charge in [0.2, 0.25) is 0 Å². The summed E-state index contributed by atoms with van der Waals surface area (Å²) in [4.78, 5) is 19.3. The predicted molar refractivity (Wildman–Crippen MR) is 52.5 cm³/mol. The Bertz CT molecular complexity index is 517. The summed E-state index contributed by atoms with van der Waals surface area (Å²) in [6.45, 7) is 0.538. The van der Waals surface area contributed by atoms with Crippen molar-refractivity contribution in [1.29, 1.82) is 0 Å². The molecular formula is C10H8N4O. The number of amides is 1. The van der Waals surface area contributed by atoms with E-state index in [0.29, 0.717) is 12.2 Å². The molecule has 2 aromatic rings. The van der Waals surface area contributed by atoms with Crippen molar-refractivity contribution >= 4 is 5.91 Å². The largest absolute Gasteiger partial charge is 0.345 e. The van der Waals surface area contributed by atoms with E-state index in [2.05, 4.69) is 15.3 Å². The molecule has 0 bridgehead atoms. The molecule has 1 N–H and O–H groups in total. The molecule has 5 heteroatoms. The van der Waals surface area contributed by atoms with E-state index < -0.39 is 0 Å². The third-order valence-electron chi connectivity index (χ3n) is 2.44. The normalized spacial score (nSPS) is 13.7. The number of aromatic nitrogens is 3. The highest BCUT2D eigenvalue weighted by Gasteiger charge is 2.24. The fourth-order valence-corrected chi connectivity index (χ4v) is 1.71. The summed E-state index contributed by atoms with van der Waals surface area (Å²) in [5.74, 6) is -0.0993. The van der Waals surface area contributed by atoms with Crippen molar-refractivity contribution in [3.63, 3.8) is 0 Å². The molecule has 1 aliphatic rings. The second-order valence-corrected chi connectivity index (χ2v) is 3.30. The summed E-state index contributed by atoms with van der Waals surface area (Å²) in [7, 11) is 0. The molecule has 0 saturated heterocycles. The first-order chi connectivity index (χ1) is 7.36. The molecule has 0 radical (unpaired) electrons. The Morgan fingerprint density at radius 2 is 2.13 bits per heavy atom. The number of hydrogen-bond acceptors (Lipinski definition) is 3. The summed E-state index contributed by atoms with van der Waals surface area (Å²) in [5.41, 5.74) is 2.40. The Hall–Kier alpha value is -2.17. The smallest absolute Gasteiger partial charge is 0.272 e. The number of carbonyl (C=O) groups excluding carboxylic acids is 1. The van der Waals surface area contributed by atoms with Crippen molar-refractivity contribution in [3.05, 3.63) is 42.2 Å². The zero-order chi connectivity index (χ0) is 10.3. The maximum absolute atomic E-state index is 11.3. The molecule has 3 heterocycles. The maximum Gasteiger partial charge on any atom is 0.272 e. The summed E-state index contributed by atoms with van der Waals surface area (Å²) < 4.78 is 1.90. The molecule has 0 unspecified atom stereocenters. The van der Waals surface area contributed by atoms with E-state index >= 15 is 0 Å². The van der Waals surface area contributed by atoms with E-state index in [1.54, 1.807) is 18.7 Å². The number of carbonyl (C=O) groups is 1. The van der Waals surface area contributed by atoms with Gasteiger partial charge in [0.1, 0.15) is 6.33 Å². The van der Waals surface area contributed by atoms with Gasteiger partial charge in [0, 0.05) is 18.1 Å². The van der Waals surface area contributed by atoms with E-state index in [-0.39, 0.29) is 5.91 Å². The van der Waals surface area contributed by atoms with Crippen LogP contribution >= 0.6 is 0 Å². The van der Waals surface area contributed by atoms with Crippen LogP contribution < -0.4 is 5.32 Å². The van der Waals surface area contributed by atoms with E-state index in [0.717, 1.165) is 11.4 Å². The van der Waals surface area contributed by atoms with Crippen molar-refractivity contribution in [2.75, 3.05) is 0 Å². The number of imidazole rings is 1. The lowest BCUT2D eigenvalue weighted by molar-refractivity contribution is 0.0961. The van der Waals surface area contributed by atoms with Gasteiger partial charge in [-0.25, -0.2) is 4.98 Å². The highest BCUT2D eigenvalue weighted by Crippen LogP contribution is 2.17. The molecule has 74 valence electrons. The molecule has 0 fully saturated rings. The summed E-state index contributed by atoms with van der Waals surface area (Å²) in [6, 6.07) is 3.76. The number of pyridine rings is 1. The molecule has 5 nitrogen and oxygen atoms in total. The van der Waals surface area contributed by atoms with Crippen molar-refractivity contribution in [1.82, 2.24) is 19.9 Å². The molecule has 0 aliphatic carbocycles. The summed E-state index contributed by atoms with van der Waals surface area (Å²) in [5, 5.41) is 2.74. The first-order valence-corrected chi connectivity index (χ1v) is 4.61. The van der Waals surface area contributed by atoms with Gasteiger partial charge >= 0.3 is 0 Å². The Labute approximate surface area is 85.8 Å². The van der Waals surface area contributed by atoms with Gasteiger partial charge in [-0.15, -0.1) is 0 Å². The Kier molecular flexibility index (Phi) is 1.58. The van der Waals surface area contributed by atoms with Crippen molar-refractivity contribution in [2.45, 2.75) is 6.54 Å². The lowest BCUT2D eigenvalue weighted by Gasteiger charge is -2.04. The molecule has 1 amide bonds. The minimum absolute atomic E-state index is 0.0993. The van der Waals surface area contributed by atoms with Crippen LogP contribution in [0.2, 0.25) is 0 Å². The Balaban J connectivity index is 2.16. The Morgan fingerprint density at radius 1 is 1.33 bits per heavy atom. The van der Waals surface area contributed by atoms with E-state index in [1.807, 2.05) is 16.7 Å². The molecule has 3 rings (SSSR count). The van der Waals surface area contributed by atoms with Crippen LogP contribution in [0.25, 0.3) is 5.69 Å². The van der Waals surface area contributed by atoms with Crippen LogP contribution in [0.1, 0.15) is 16.2 Å². The van der Waals surface area contributed by atoms with Gasteiger partial charge in [0.25, 0.3) is 5.91 Å². The van der Waals surface area contributed by atoms with Gasteiger partial charge in [0.15, 0.2) is 5.69 Å². The topological polar surface area (TPSA) is 59.8 Å². The highest BCUT2D eigenvalue weighted by atomic mass is 16.2. The second kappa shape index (κ2) is 2.91. The van der Waals surface area contributed by atoms with Crippen molar-refractivity contribution < 1.29 is 4.79 Å². The standard InChI is InChI=1S/C10H8N4O/c15-10-9-8(5-12-10)14(6-13-9)7-1-3-11-4-2-7/h1-4,6H,5H2,(H,12,15). The van der Waals surface area contributed by atoms with E-state index in [1.165, 1.54) is 0 Å². The van der Waals surface area contributed by atoms with Crippen molar-refractivity contribution in [2.24, 2.45) is 0 Å². The Morgan fingerprint density at radius 3 is 2.93 bits per heavy atom. The first kappa shape index (κ1) is 8.16. The highest BCUT2D eigenvalue weighted by molar-refractivity contribution is 5.96. The number of nitrogens with zero attached hydrogens (tertiary/aromatic N) is 3. The van der Waals surface area contributed by atoms with Crippen LogP contribution in [0.15, 0.2) is 30.9 Å². The number of fused-ring (bicyclic) bond motifs is 1. The number of nitrogens with one attached hydrogen (secondary N) is 1. The van der Waals surface area contributed by atoms with E-state index in [4.69, 9.17) is 0 Å². The molecular weight excluding hydrogens is 192 g/mol. The molecule has 2 aromatic heterocycles. The molecule has 0 saturated carbocycles. The van der Waals surface area contributed by atoms with Crippen LogP contribution in [0.3, 0.4) is 0 Å². The van der Waals surface area contributed by atoms with Gasteiger partial charge in [0.05, 0.1) is 12.2 Å². The molecule has 0 aromatic carbocycles. The molecule has 1 aliphatic heterocycles. The zero-order valence-electron chi connectivity index (χ0n) is 7.84. The van der Waals surface area contributed by atoms with Gasteiger partial charge < -0.3 is 9.88 Å². The number of hydrogen-bond donors (Lipinski definition) is 1. The minimum atomic E-state index is -0.0993. The average molecular weight is 200 g/mol. The minimum Gasteiger partial charge on any atom is -0.345 e. The van der Waals surface area contributed by atoms with Gasteiger partial charge in [-0.2, -0.15) is 0 Å². The lowest BCUT2D eigenvalue weighted by Crippen LogP contribution is -2.14. The van der Waals surface area contributed by atoms with Crippen LogP contribution in [0, 0.1) is 0 Å². The maximum atomic E-state index is 11.3.